The number of hydrogen-bond acceptors (Lipinski definition) is 22. The minimum absolute atomic E-state index is 0.109. The van der Waals surface area contributed by atoms with Crippen LogP contribution in [0.2, 0.25) is 0 Å². The Morgan fingerprint density at radius 3 is 1.49 bits per heavy atom. The van der Waals surface area contributed by atoms with E-state index in [2.05, 4.69) is 61.3 Å². The fourth-order valence-corrected chi connectivity index (χ4v) is 12.4. The molecule has 9 rings (SSSR count). The molecule has 3 aliphatic rings. The standard InChI is InChI=1S/C29H39FN5O8P.C26H35FN5O8P.B3.B2/c1-18(26(36)38-15-27(2,3)4)34-44(37,43-19-10-8-7-9-11-19)39-16-29(14-30)24-23(40-28(5,6)42-24)22(41-29)20-12-13-21-25(31)32-17-33-35(20)21;1-16(24(35)37-13-25(2,3)4)31-41(36,40-17-8-6-5-7-9-17)38-14-26(12-27)22(34)20(33)21(39-26)18-10-11-19-23(28)29-15-30-32(18)19;1-3-2;1-2/h7-13,17-18,22-24H,14-16H2,1-6H3,(H,34,37)(H2,31,32,33);5-11,15-16,20-22,33-34H,12-14H2,1-4H3,(H,31,36)(H2,28,29,30);;/t18-,22-,23-,24-,29+,44?;16-,20-,21-,22-,26+,41?;;/m00../s1. The summed E-state index contributed by atoms with van der Waals surface area (Å²) < 4.78 is 119. The molecule has 3 fully saturated rings. The van der Waals surface area contributed by atoms with Crippen molar-refractivity contribution < 1.29 is 84.2 Å². The molecule has 0 aliphatic carbocycles. The molecule has 8 N–H and O–H groups in total. The van der Waals surface area contributed by atoms with E-state index in [-0.39, 0.29) is 52.9 Å². The molecule has 2 unspecified atom stereocenters. The number of alkyl halides is 2. The number of nitrogens with one attached hydrogen (secondary N) is 2. The summed E-state index contributed by atoms with van der Waals surface area (Å²) in [6.45, 7) is 14.1. The number of halogens is 2. The molecule has 12 atom stereocenters. The first-order valence-electron chi connectivity index (χ1n) is 28.1. The number of esters is 2. The van der Waals surface area contributed by atoms with E-state index in [1.165, 1.54) is 43.2 Å². The Hall–Kier alpha value is -5.94. The lowest BCUT2D eigenvalue weighted by molar-refractivity contribution is -0.219. The van der Waals surface area contributed by atoms with Crippen LogP contribution in [0.15, 0.2) is 97.6 Å². The van der Waals surface area contributed by atoms with Crippen molar-refractivity contribution in [1.29, 1.82) is 0 Å². The van der Waals surface area contributed by atoms with E-state index in [1.807, 2.05) is 41.5 Å². The van der Waals surface area contributed by atoms with E-state index in [9.17, 15) is 33.3 Å². The molecule has 90 heavy (non-hydrogen) atoms. The molecule has 0 spiro atoms. The average Bonchev–Trinajstić information content (AvgIpc) is 1.58. The number of nitrogens with two attached hydrogens (primary N) is 2. The van der Waals surface area contributed by atoms with Crippen molar-refractivity contribution in [3.63, 3.8) is 0 Å². The zero-order chi connectivity index (χ0) is 66.6. The third-order valence-corrected chi connectivity index (χ3v) is 16.7. The maximum Gasteiger partial charge on any atom is 0.459 e. The topological polar surface area (TPSA) is 338 Å². The first-order valence-corrected chi connectivity index (χ1v) is 31.2. The second-order valence-corrected chi connectivity index (χ2v) is 27.3. The number of nitrogen functional groups attached to an aromatic ring is 2. The van der Waals surface area contributed by atoms with E-state index in [4.69, 9.17) is 58.0 Å². The smallest absolute Gasteiger partial charge is 0.459 e. The van der Waals surface area contributed by atoms with Gasteiger partial charge >= 0.3 is 27.4 Å². The van der Waals surface area contributed by atoms with E-state index >= 15 is 4.39 Å². The zero-order valence-corrected chi connectivity index (χ0v) is 53.4. The van der Waals surface area contributed by atoms with Gasteiger partial charge in [-0.05, 0) is 87.1 Å². The number of carbonyl (C=O) groups is 2. The lowest BCUT2D eigenvalue weighted by Crippen LogP contribution is -2.49. The second kappa shape index (κ2) is 30.7. The van der Waals surface area contributed by atoms with Crippen molar-refractivity contribution in [2.45, 2.75) is 135 Å². The summed E-state index contributed by atoms with van der Waals surface area (Å²) in [5, 5.41) is 35.3. The van der Waals surface area contributed by atoms with Crippen molar-refractivity contribution in [2.75, 3.05) is 51.2 Å². The quantitative estimate of drug-likeness (QED) is 0.0294. The fraction of sp³-hybridized carbons (Fsp3) is 0.527. The minimum Gasteiger partial charge on any atom is -0.464 e. The Kier molecular flexibility index (Phi) is 24.9. The van der Waals surface area contributed by atoms with E-state index in [1.54, 1.807) is 91.2 Å². The fourth-order valence-electron chi connectivity index (χ4n) is 9.26. The number of aliphatic hydroxyl groups excluding tert-OH is 2. The highest BCUT2D eigenvalue weighted by Gasteiger charge is 2.65. The first kappa shape index (κ1) is 73.1. The minimum atomic E-state index is -4.43. The molecule has 2 aromatic carbocycles. The molecule has 9 radical (unpaired) electrons. The molecular weight excluding hydrogens is 1210 g/mol. The van der Waals surface area contributed by atoms with Crippen LogP contribution in [0.25, 0.3) is 11.0 Å². The maximum atomic E-state index is 15.2. The van der Waals surface area contributed by atoms with Gasteiger partial charge in [-0.15, -0.1) is 0 Å². The van der Waals surface area contributed by atoms with Gasteiger partial charge in [0.1, 0.15) is 108 Å². The molecular formula is C55H74B5F2N10O16P2. The van der Waals surface area contributed by atoms with E-state index in [0.717, 1.165) is 7.06 Å². The maximum absolute atomic E-state index is 15.2. The van der Waals surface area contributed by atoms with Crippen molar-refractivity contribution in [2.24, 2.45) is 10.8 Å². The van der Waals surface area contributed by atoms with E-state index < -0.39 is 120 Å². The number of anilines is 2. The van der Waals surface area contributed by atoms with Crippen molar-refractivity contribution in [3.8, 4) is 11.5 Å². The number of nitrogens with zero attached hydrogens (tertiary/aromatic N) is 6. The summed E-state index contributed by atoms with van der Waals surface area (Å²) in [4.78, 5) is 33.3. The first-order chi connectivity index (χ1) is 42.3. The number of rotatable bonds is 22. The number of fused-ring (bicyclic) bond motifs is 3. The number of hydrogen-bond donors (Lipinski definition) is 6. The molecule has 4 aromatic heterocycles. The molecule has 0 saturated carbocycles. The van der Waals surface area contributed by atoms with Crippen LogP contribution < -0.4 is 30.7 Å². The van der Waals surface area contributed by atoms with Crippen LogP contribution in [-0.2, 0) is 56.2 Å². The van der Waals surface area contributed by atoms with Gasteiger partial charge in [0.25, 0.3) is 0 Å². The van der Waals surface area contributed by atoms with Gasteiger partial charge in [0.05, 0.1) is 37.8 Å². The van der Waals surface area contributed by atoms with E-state index in [0.29, 0.717) is 16.7 Å². The van der Waals surface area contributed by atoms with Crippen molar-refractivity contribution in [3.05, 3.63) is 109 Å². The summed E-state index contributed by atoms with van der Waals surface area (Å²) in [5.41, 5.74) is 9.13. The third kappa shape index (κ3) is 18.2. The largest absolute Gasteiger partial charge is 0.464 e. The highest BCUT2D eigenvalue weighted by Crippen LogP contribution is 2.54. The molecule has 6 aromatic rings. The van der Waals surface area contributed by atoms with Crippen LogP contribution in [0.1, 0.15) is 92.8 Å². The predicted molar refractivity (Wildman–Crippen MR) is 332 cm³/mol. The van der Waals surface area contributed by atoms with Crippen LogP contribution in [0.5, 0.6) is 11.5 Å². The number of aromatic nitrogens is 6. The molecule has 7 heterocycles. The van der Waals surface area contributed by atoms with Crippen LogP contribution in [0.4, 0.5) is 20.4 Å². The number of aliphatic hydroxyl groups is 2. The number of ether oxygens (including phenoxy) is 6. The summed E-state index contributed by atoms with van der Waals surface area (Å²) in [5.74, 6) is -1.70. The van der Waals surface area contributed by atoms with Gasteiger partial charge in [0.2, 0.25) is 0 Å². The van der Waals surface area contributed by atoms with Crippen molar-refractivity contribution in [1.82, 2.24) is 39.4 Å². The lowest BCUT2D eigenvalue weighted by atomic mass is 9.40. The van der Waals surface area contributed by atoms with Gasteiger partial charge in [-0.1, -0.05) is 77.9 Å². The van der Waals surface area contributed by atoms with Crippen LogP contribution in [0.3, 0.4) is 0 Å². The van der Waals surface area contributed by atoms with Gasteiger partial charge in [0.15, 0.2) is 17.4 Å². The normalized spacial score (nSPS) is 24.6. The number of carbonyl (C=O) groups excluding carboxylic acids is 2. The summed E-state index contributed by atoms with van der Waals surface area (Å²) in [6.07, 6.45) is -4.80. The average molecular weight is 1290 g/mol. The molecule has 479 valence electrons. The Bertz CT molecular complexity index is 3420. The monoisotopic (exact) mass is 1290 g/mol. The second-order valence-electron chi connectivity index (χ2n) is 23.9. The zero-order valence-electron chi connectivity index (χ0n) is 51.6. The molecule has 35 heteroatoms. The lowest BCUT2D eigenvalue weighted by Gasteiger charge is -2.33. The summed E-state index contributed by atoms with van der Waals surface area (Å²) in [7, 11) is 9.22. The SMILES string of the molecule is C[C@H](NP(=O)(OC[C@@]1(CF)O[C@@H](c2ccc3c(N)ncnn23)[C@@H]2OC(C)(C)O[C@@H]21)Oc1ccccc1)C(=O)OCC(C)(C)C.C[C@H](NP(=O)(OC[C@@]1(CF)O[C@@H](c2ccc3c(N)ncnn23)[C@H](O)[C@@H]1O)Oc1ccccc1)C(=O)OCC(C)(C)C.[B][B].[B][B][B]. The third-order valence-electron chi connectivity index (χ3n) is 13.5. The highest BCUT2D eigenvalue weighted by atomic mass is 31.2. The molecule has 0 bridgehead atoms. The van der Waals surface area contributed by atoms with Crippen molar-refractivity contribution >= 4 is 88.1 Å². The van der Waals surface area contributed by atoms with Gasteiger partial charge in [-0.3, -0.25) is 18.6 Å². The van der Waals surface area contributed by atoms with Gasteiger partial charge in [-0.2, -0.15) is 20.4 Å². The molecule has 26 nitrogen and oxygen atoms in total. The molecule has 3 saturated heterocycles. The molecule has 0 amide bonds. The summed E-state index contributed by atoms with van der Waals surface area (Å²) >= 11 is 0. The van der Waals surface area contributed by atoms with Crippen LogP contribution >= 0.6 is 15.5 Å². The van der Waals surface area contributed by atoms with Gasteiger partial charge in [0, 0.05) is 38.0 Å². The summed E-state index contributed by atoms with van der Waals surface area (Å²) in [6, 6.07) is 20.6. The number of benzene rings is 2. The highest BCUT2D eigenvalue weighted by molar-refractivity contribution is 7.52. The molecule has 3 aliphatic heterocycles. The Balaban J connectivity index is 0.000000268. The predicted octanol–water partition coefficient (Wildman–Crippen LogP) is 5.06. The Morgan fingerprint density at radius 2 is 1.08 bits per heavy atom. The number of para-hydroxylation sites is 2. The Labute approximate surface area is 527 Å². The van der Waals surface area contributed by atoms with Gasteiger partial charge < -0.3 is 59.1 Å². The van der Waals surface area contributed by atoms with Crippen LogP contribution in [-0.4, -0.2) is 183 Å². The van der Waals surface area contributed by atoms with Crippen LogP contribution in [0, 0.1) is 10.8 Å². The van der Waals surface area contributed by atoms with Gasteiger partial charge in [-0.25, -0.2) is 36.9 Å². The Morgan fingerprint density at radius 1 is 0.678 bits per heavy atom.